The van der Waals surface area contributed by atoms with Gasteiger partial charge >= 0.3 is 0 Å². The number of rotatable bonds is 8. The third kappa shape index (κ3) is 4.69. The highest BCUT2D eigenvalue weighted by Crippen LogP contribution is 2.23. The summed E-state index contributed by atoms with van der Waals surface area (Å²) >= 11 is 0. The number of nitrogen functional groups attached to an aromatic ring is 1. The Bertz CT molecular complexity index is 578. The van der Waals surface area contributed by atoms with Crippen molar-refractivity contribution >= 4 is 5.69 Å². The lowest BCUT2D eigenvalue weighted by atomic mass is 10.2. The van der Waals surface area contributed by atoms with E-state index in [2.05, 4.69) is 19.1 Å². The van der Waals surface area contributed by atoms with Crippen molar-refractivity contribution in [3.05, 3.63) is 53.6 Å². The Labute approximate surface area is 133 Å². The molecule has 0 spiro atoms. The van der Waals surface area contributed by atoms with Gasteiger partial charge < -0.3 is 15.2 Å². The molecule has 0 aliphatic heterocycles. The maximum absolute atomic E-state index is 5.86. The number of aryl methyl sites for hydroxylation is 1. The molecule has 0 aliphatic carbocycles. The molecular weight excluding hydrogens is 274 g/mol. The van der Waals surface area contributed by atoms with Crippen LogP contribution in [-0.2, 0) is 6.42 Å². The van der Waals surface area contributed by atoms with Crippen LogP contribution in [0.4, 0.5) is 5.69 Å². The maximum atomic E-state index is 5.86. The molecule has 3 nitrogen and oxygen atoms in total. The van der Waals surface area contributed by atoms with Gasteiger partial charge in [-0.05, 0) is 56.0 Å². The zero-order chi connectivity index (χ0) is 15.8. The Balaban J connectivity index is 1.64. The summed E-state index contributed by atoms with van der Waals surface area (Å²) in [5.74, 6) is 1.81. The minimum Gasteiger partial charge on any atom is -0.494 e. The molecule has 118 valence electrons. The van der Waals surface area contributed by atoms with Crippen LogP contribution in [0.25, 0.3) is 0 Å². The van der Waals surface area contributed by atoms with E-state index in [0.29, 0.717) is 13.2 Å². The Morgan fingerprint density at radius 3 is 2.27 bits per heavy atom. The first kappa shape index (κ1) is 16.2. The van der Waals surface area contributed by atoms with E-state index in [1.807, 2.05) is 37.3 Å². The molecule has 2 aromatic rings. The topological polar surface area (TPSA) is 44.5 Å². The van der Waals surface area contributed by atoms with Gasteiger partial charge in [0.25, 0.3) is 0 Å². The zero-order valence-corrected chi connectivity index (χ0v) is 13.5. The van der Waals surface area contributed by atoms with Crippen molar-refractivity contribution in [3.63, 3.8) is 0 Å². The van der Waals surface area contributed by atoms with Crippen molar-refractivity contribution in [1.82, 2.24) is 0 Å². The average Bonchev–Trinajstić information content (AvgIpc) is 2.55. The van der Waals surface area contributed by atoms with Crippen molar-refractivity contribution in [2.45, 2.75) is 33.1 Å². The van der Waals surface area contributed by atoms with E-state index in [4.69, 9.17) is 15.2 Å². The fraction of sp³-hybridized carbons (Fsp3) is 0.368. The Morgan fingerprint density at radius 2 is 1.59 bits per heavy atom. The monoisotopic (exact) mass is 299 g/mol. The molecule has 0 saturated carbocycles. The molecule has 0 unspecified atom stereocenters. The maximum Gasteiger partial charge on any atom is 0.124 e. The summed E-state index contributed by atoms with van der Waals surface area (Å²) in [4.78, 5) is 0. The van der Waals surface area contributed by atoms with Gasteiger partial charge in [-0.2, -0.15) is 0 Å². The summed E-state index contributed by atoms with van der Waals surface area (Å²) in [6, 6.07) is 14.1. The van der Waals surface area contributed by atoms with Crippen LogP contribution in [0.5, 0.6) is 11.5 Å². The Morgan fingerprint density at radius 1 is 0.909 bits per heavy atom. The second kappa shape index (κ2) is 8.32. The molecule has 2 aromatic carbocycles. The smallest absolute Gasteiger partial charge is 0.124 e. The van der Waals surface area contributed by atoms with Gasteiger partial charge in [0.1, 0.15) is 11.5 Å². The van der Waals surface area contributed by atoms with Crippen molar-refractivity contribution in [3.8, 4) is 11.5 Å². The van der Waals surface area contributed by atoms with Crippen LogP contribution in [0, 0.1) is 6.92 Å². The number of unbranched alkanes of at least 4 members (excludes halogenated alkanes) is 1. The van der Waals surface area contributed by atoms with E-state index < -0.39 is 0 Å². The predicted octanol–water partition coefficient (Wildman–Crippen LogP) is 4.38. The molecule has 3 heteroatoms. The number of nitrogens with two attached hydrogens (primary N) is 1. The van der Waals surface area contributed by atoms with Crippen molar-refractivity contribution in [2.24, 2.45) is 0 Å². The molecule has 0 radical (unpaired) electrons. The molecule has 2 rings (SSSR count). The molecule has 0 aliphatic rings. The molecular formula is C19H25NO2. The molecule has 0 bridgehead atoms. The fourth-order valence-electron chi connectivity index (χ4n) is 2.19. The van der Waals surface area contributed by atoms with Crippen LogP contribution in [0.1, 0.15) is 30.9 Å². The van der Waals surface area contributed by atoms with Gasteiger partial charge in [0, 0.05) is 11.3 Å². The summed E-state index contributed by atoms with van der Waals surface area (Å²) in [6.45, 7) is 5.53. The third-order valence-corrected chi connectivity index (χ3v) is 3.72. The van der Waals surface area contributed by atoms with Crippen LogP contribution in [0.15, 0.2) is 42.5 Å². The minimum absolute atomic E-state index is 0.683. The molecule has 0 heterocycles. The lowest BCUT2D eigenvalue weighted by Crippen LogP contribution is -2.04. The van der Waals surface area contributed by atoms with Gasteiger partial charge in [-0.15, -0.1) is 0 Å². The van der Waals surface area contributed by atoms with E-state index >= 15 is 0 Å². The summed E-state index contributed by atoms with van der Waals surface area (Å²) < 4.78 is 11.5. The largest absolute Gasteiger partial charge is 0.494 e. The lowest BCUT2D eigenvalue weighted by molar-refractivity contribution is 0.265. The van der Waals surface area contributed by atoms with Crippen molar-refractivity contribution < 1.29 is 9.47 Å². The van der Waals surface area contributed by atoms with Gasteiger partial charge in [-0.25, -0.2) is 0 Å². The highest BCUT2D eigenvalue weighted by molar-refractivity contribution is 5.53. The second-order valence-electron chi connectivity index (χ2n) is 5.37. The van der Waals surface area contributed by atoms with E-state index in [-0.39, 0.29) is 0 Å². The normalized spacial score (nSPS) is 10.5. The van der Waals surface area contributed by atoms with Crippen LogP contribution < -0.4 is 15.2 Å². The molecule has 22 heavy (non-hydrogen) atoms. The number of hydrogen-bond donors (Lipinski definition) is 1. The van der Waals surface area contributed by atoms with E-state index in [9.17, 15) is 0 Å². The van der Waals surface area contributed by atoms with Gasteiger partial charge in [0.2, 0.25) is 0 Å². The molecule has 0 aromatic heterocycles. The van der Waals surface area contributed by atoms with Crippen LogP contribution in [0.3, 0.4) is 0 Å². The summed E-state index contributed by atoms with van der Waals surface area (Å²) in [7, 11) is 0. The molecule has 0 saturated heterocycles. The quantitative estimate of drug-likeness (QED) is 0.581. The van der Waals surface area contributed by atoms with Crippen LogP contribution >= 0.6 is 0 Å². The number of ether oxygens (including phenoxy) is 2. The number of hydrogen-bond acceptors (Lipinski definition) is 3. The van der Waals surface area contributed by atoms with Gasteiger partial charge in [0.15, 0.2) is 0 Å². The SMILES string of the molecule is CCc1ccc(OCCCCOc2cccc(N)c2C)cc1. The van der Waals surface area contributed by atoms with Crippen LogP contribution in [-0.4, -0.2) is 13.2 Å². The Kier molecular flexibility index (Phi) is 6.13. The highest BCUT2D eigenvalue weighted by atomic mass is 16.5. The first-order valence-electron chi connectivity index (χ1n) is 7.90. The van der Waals surface area contributed by atoms with E-state index in [0.717, 1.165) is 42.0 Å². The van der Waals surface area contributed by atoms with E-state index in [1.165, 1.54) is 5.56 Å². The molecule has 0 atom stereocenters. The van der Waals surface area contributed by atoms with Gasteiger partial charge in [0.05, 0.1) is 13.2 Å². The number of anilines is 1. The standard InChI is InChI=1S/C19H25NO2/c1-3-16-9-11-17(12-10-16)21-13-4-5-14-22-19-8-6-7-18(20)15(19)2/h6-12H,3-5,13-14,20H2,1-2H3. The molecule has 2 N–H and O–H groups in total. The Hall–Kier alpha value is -2.16. The molecule has 0 fully saturated rings. The first-order valence-corrected chi connectivity index (χ1v) is 7.90. The van der Waals surface area contributed by atoms with Crippen molar-refractivity contribution in [1.29, 1.82) is 0 Å². The predicted molar refractivity (Wildman–Crippen MR) is 91.6 cm³/mol. The fourth-order valence-corrected chi connectivity index (χ4v) is 2.19. The first-order chi connectivity index (χ1) is 10.7. The minimum atomic E-state index is 0.683. The summed E-state index contributed by atoms with van der Waals surface area (Å²) in [5.41, 5.74) is 8.97. The average molecular weight is 299 g/mol. The highest BCUT2D eigenvalue weighted by Gasteiger charge is 2.02. The third-order valence-electron chi connectivity index (χ3n) is 3.72. The molecule has 0 amide bonds. The van der Waals surface area contributed by atoms with Gasteiger partial charge in [-0.3, -0.25) is 0 Å². The summed E-state index contributed by atoms with van der Waals surface area (Å²) in [6.07, 6.45) is 2.99. The number of benzene rings is 2. The summed E-state index contributed by atoms with van der Waals surface area (Å²) in [5, 5.41) is 0. The van der Waals surface area contributed by atoms with E-state index in [1.54, 1.807) is 0 Å². The van der Waals surface area contributed by atoms with Crippen molar-refractivity contribution in [2.75, 3.05) is 18.9 Å². The lowest BCUT2D eigenvalue weighted by Gasteiger charge is -2.11. The second-order valence-corrected chi connectivity index (χ2v) is 5.37. The van der Waals surface area contributed by atoms with Gasteiger partial charge in [-0.1, -0.05) is 25.1 Å². The van der Waals surface area contributed by atoms with Crippen LogP contribution in [0.2, 0.25) is 0 Å². The zero-order valence-electron chi connectivity index (χ0n) is 13.5.